The number of aromatic amines is 1. The van der Waals surface area contributed by atoms with Crippen LogP contribution < -0.4 is 16.2 Å². The summed E-state index contributed by atoms with van der Waals surface area (Å²) in [5.41, 5.74) is 2.89. The first-order chi connectivity index (χ1) is 12.7. The number of anilines is 1. The van der Waals surface area contributed by atoms with Crippen molar-refractivity contribution in [2.24, 2.45) is 0 Å². The Balaban J connectivity index is 0.00000210. The van der Waals surface area contributed by atoms with Crippen LogP contribution in [0.5, 0.6) is 0 Å². The molecule has 1 saturated carbocycles. The van der Waals surface area contributed by atoms with Crippen LogP contribution in [-0.2, 0) is 5.75 Å². The number of piperidine rings is 1. The maximum atomic E-state index is 12.6. The number of aryl methyl sites for hydroxylation is 1. The number of H-pyrrole nitrogens is 1. The molecule has 5 nitrogen and oxygen atoms in total. The fourth-order valence-electron chi connectivity index (χ4n) is 4.14. The van der Waals surface area contributed by atoms with E-state index in [2.05, 4.69) is 27.8 Å². The molecule has 3 N–H and O–H groups in total. The lowest BCUT2D eigenvalue weighted by Gasteiger charge is -2.21. The molecular weight excluding hydrogens is 380 g/mol. The molecule has 27 heavy (non-hydrogen) atoms. The van der Waals surface area contributed by atoms with Crippen molar-refractivity contribution < 1.29 is 0 Å². The van der Waals surface area contributed by atoms with Gasteiger partial charge < -0.3 is 15.6 Å². The number of aromatic nitrogens is 2. The molecule has 1 saturated heterocycles. The molecule has 0 radical (unpaired) electrons. The largest absolute Gasteiger partial charge is 0.382 e. The quantitative estimate of drug-likeness (QED) is 0.697. The average molecular weight is 409 g/mol. The maximum absolute atomic E-state index is 12.6. The average Bonchev–Trinajstić information content (AvgIpc) is 3.13. The Bertz CT molecular complexity index is 829. The van der Waals surface area contributed by atoms with Crippen molar-refractivity contribution in [2.75, 3.05) is 18.4 Å². The lowest BCUT2D eigenvalue weighted by molar-refractivity contribution is 0.531. The Labute approximate surface area is 170 Å². The summed E-state index contributed by atoms with van der Waals surface area (Å²) < 4.78 is 0. The Morgan fingerprint density at radius 2 is 1.93 bits per heavy atom. The lowest BCUT2D eigenvalue weighted by atomic mass is 10.1. The normalized spacial score (nSPS) is 18.6. The van der Waals surface area contributed by atoms with Crippen LogP contribution >= 0.6 is 24.2 Å². The number of nitrogens with one attached hydrogen (secondary N) is 3. The minimum Gasteiger partial charge on any atom is -0.382 e. The van der Waals surface area contributed by atoms with Crippen LogP contribution in [0.3, 0.4) is 0 Å². The molecule has 2 heterocycles. The SMILES string of the molecule is Cc1cc(NC2CCCC2)cc2nc(CSC3CCNCC3)[nH]c(=O)c12.Cl. The highest BCUT2D eigenvalue weighted by atomic mass is 35.5. The van der Waals surface area contributed by atoms with Crippen LogP contribution in [0.25, 0.3) is 10.9 Å². The van der Waals surface area contributed by atoms with Crippen LogP contribution in [-0.4, -0.2) is 34.3 Å². The molecule has 1 aromatic carbocycles. The first-order valence-corrected chi connectivity index (χ1v) is 10.9. The van der Waals surface area contributed by atoms with Gasteiger partial charge >= 0.3 is 0 Å². The van der Waals surface area contributed by atoms with Gasteiger partial charge in [-0.3, -0.25) is 4.79 Å². The van der Waals surface area contributed by atoms with Crippen LogP contribution in [0, 0.1) is 6.92 Å². The molecule has 0 atom stereocenters. The van der Waals surface area contributed by atoms with E-state index in [9.17, 15) is 4.79 Å². The van der Waals surface area contributed by atoms with Crippen LogP contribution in [0.2, 0.25) is 0 Å². The second-order valence-corrected chi connectivity index (χ2v) is 8.87. The molecule has 7 heteroatoms. The molecule has 0 unspecified atom stereocenters. The molecule has 2 aromatic rings. The van der Waals surface area contributed by atoms with Gasteiger partial charge in [0, 0.05) is 17.0 Å². The number of hydrogen-bond acceptors (Lipinski definition) is 5. The van der Waals surface area contributed by atoms with Crippen molar-refractivity contribution >= 4 is 40.8 Å². The maximum Gasteiger partial charge on any atom is 0.259 e. The summed E-state index contributed by atoms with van der Waals surface area (Å²) in [5.74, 6) is 1.57. The molecule has 2 fully saturated rings. The van der Waals surface area contributed by atoms with Gasteiger partial charge in [-0.25, -0.2) is 4.98 Å². The summed E-state index contributed by atoms with van der Waals surface area (Å²) in [6.45, 7) is 4.19. The number of halogens is 1. The summed E-state index contributed by atoms with van der Waals surface area (Å²) in [6.07, 6.45) is 7.46. The summed E-state index contributed by atoms with van der Waals surface area (Å²) in [7, 11) is 0. The van der Waals surface area contributed by atoms with Gasteiger partial charge in [0.2, 0.25) is 0 Å². The van der Waals surface area contributed by atoms with E-state index in [0.717, 1.165) is 46.8 Å². The molecular formula is C20H29ClN4OS. The van der Waals surface area contributed by atoms with Gasteiger partial charge in [-0.15, -0.1) is 12.4 Å². The second kappa shape index (κ2) is 9.30. The number of fused-ring (bicyclic) bond motifs is 1. The summed E-state index contributed by atoms with van der Waals surface area (Å²) >= 11 is 1.91. The fraction of sp³-hybridized carbons (Fsp3) is 0.600. The molecule has 1 aliphatic carbocycles. The molecule has 0 bridgehead atoms. The highest BCUT2D eigenvalue weighted by Crippen LogP contribution is 2.26. The van der Waals surface area contributed by atoms with E-state index in [-0.39, 0.29) is 18.0 Å². The molecule has 148 valence electrons. The van der Waals surface area contributed by atoms with E-state index in [1.54, 1.807) is 0 Å². The van der Waals surface area contributed by atoms with Gasteiger partial charge in [0.25, 0.3) is 5.56 Å². The van der Waals surface area contributed by atoms with E-state index in [1.165, 1.54) is 38.5 Å². The Hall–Kier alpha value is -1.24. The zero-order valence-electron chi connectivity index (χ0n) is 15.8. The monoisotopic (exact) mass is 408 g/mol. The van der Waals surface area contributed by atoms with Crippen molar-refractivity contribution in [2.45, 2.75) is 62.5 Å². The van der Waals surface area contributed by atoms with Crippen molar-refractivity contribution in [3.63, 3.8) is 0 Å². The van der Waals surface area contributed by atoms with E-state index in [1.807, 2.05) is 18.7 Å². The Morgan fingerprint density at radius 1 is 1.19 bits per heavy atom. The number of thioether (sulfide) groups is 1. The number of hydrogen-bond donors (Lipinski definition) is 3. The van der Waals surface area contributed by atoms with Gasteiger partial charge in [-0.1, -0.05) is 12.8 Å². The summed E-state index contributed by atoms with van der Waals surface area (Å²) in [6, 6.07) is 4.69. The van der Waals surface area contributed by atoms with Gasteiger partial charge in [-0.2, -0.15) is 11.8 Å². The minimum atomic E-state index is -0.0131. The zero-order valence-corrected chi connectivity index (χ0v) is 17.5. The first kappa shape index (κ1) is 20.5. The summed E-state index contributed by atoms with van der Waals surface area (Å²) in [4.78, 5) is 20.4. The molecule has 0 amide bonds. The lowest BCUT2D eigenvalue weighted by Crippen LogP contribution is -2.29. The Morgan fingerprint density at radius 3 is 2.67 bits per heavy atom. The second-order valence-electron chi connectivity index (χ2n) is 7.59. The van der Waals surface area contributed by atoms with Gasteiger partial charge in [0.05, 0.1) is 16.7 Å². The van der Waals surface area contributed by atoms with E-state index in [0.29, 0.717) is 11.3 Å². The zero-order chi connectivity index (χ0) is 17.9. The standard InChI is InChI=1S/C20H28N4OS.ClH/c1-13-10-15(22-14-4-2-3-5-14)11-17-19(13)20(25)24-18(23-17)12-26-16-6-8-21-9-7-16;/h10-11,14,16,21-22H,2-9,12H2,1H3,(H,23,24,25);1H. The highest BCUT2D eigenvalue weighted by molar-refractivity contribution is 7.99. The third-order valence-corrected chi connectivity index (χ3v) is 6.91. The number of nitrogens with zero attached hydrogens (tertiary/aromatic N) is 1. The molecule has 1 aromatic heterocycles. The van der Waals surface area contributed by atoms with Gasteiger partial charge in [-0.05, 0) is 63.4 Å². The van der Waals surface area contributed by atoms with Gasteiger partial charge in [0.1, 0.15) is 5.82 Å². The molecule has 4 rings (SSSR count). The van der Waals surface area contributed by atoms with Crippen molar-refractivity contribution in [3.8, 4) is 0 Å². The van der Waals surface area contributed by atoms with E-state index < -0.39 is 0 Å². The molecule has 1 aliphatic heterocycles. The smallest absolute Gasteiger partial charge is 0.259 e. The molecule has 0 spiro atoms. The van der Waals surface area contributed by atoms with E-state index >= 15 is 0 Å². The highest BCUT2D eigenvalue weighted by Gasteiger charge is 2.17. The minimum absolute atomic E-state index is 0. The van der Waals surface area contributed by atoms with Gasteiger partial charge in [0.15, 0.2) is 0 Å². The van der Waals surface area contributed by atoms with Crippen molar-refractivity contribution in [3.05, 3.63) is 33.9 Å². The third-order valence-electron chi connectivity index (χ3n) is 5.52. The van der Waals surface area contributed by atoms with E-state index in [4.69, 9.17) is 4.98 Å². The predicted molar refractivity (Wildman–Crippen MR) is 117 cm³/mol. The third kappa shape index (κ3) is 4.98. The number of benzene rings is 1. The first-order valence-electron chi connectivity index (χ1n) is 9.81. The number of rotatable bonds is 5. The van der Waals surface area contributed by atoms with Crippen LogP contribution in [0.15, 0.2) is 16.9 Å². The van der Waals surface area contributed by atoms with Crippen LogP contribution in [0.4, 0.5) is 5.69 Å². The predicted octanol–water partition coefficient (Wildman–Crippen LogP) is 3.99. The Kier molecular flexibility index (Phi) is 7.06. The van der Waals surface area contributed by atoms with Crippen LogP contribution in [0.1, 0.15) is 49.9 Å². The summed E-state index contributed by atoms with van der Waals surface area (Å²) in [5, 5.41) is 8.41. The van der Waals surface area contributed by atoms with Crippen molar-refractivity contribution in [1.29, 1.82) is 0 Å². The topological polar surface area (TPSA) is 69.8 Å². The van der Waals surface area contributed by atoms with Crippen molar-refractivity contribution in [1.82, 2.24) is 15.3 Å². The fourth-order valence-corrected chi connectivity index (χ4v) is 5.23. The molecule has 2 aliphatic rings.